The second kappa shape index (κ2) is 8.73. The van der Waals surface area contributed by atoms with Crippen LogP contribution >= 0.6 is 0 Å². The molecule has 2 amide bonds. The van der Waals surface area contributed by atoms with Crippen LogP contribution in [-0.2, 0) is 4.79 Å². The predicted octanol–water partition coefficient (Wildman–Crippen LogP) is 3.51. The molecule has 0 bridgehead atoms. The first-order chi connectivity index (χ1) is 14.2. The van der Waals surface area contributed by atoms with Gasteiger partial charge in [-0.05, 0) is 49.1 Å². The monoisotopic (exact) mass is 388 g/mol. The van der Waals surface area contributed by atoms with E-state index in [4.69, 9.17) is 0 Å². The molecule has 6 nitrogen and oxygen atoms in total. The van der Waals surface area contributed by atoms with Gasteiger partial charge in [-0.15, -0.1) is 0 Å². The van der Waals surface area contributed by atoms with Crippen molar-refractivity contribution < 1.29 is 9.59 Å². The van der Waals surface area contributed by atoms with Crippen molar-refractivity contribution in [2.75, 3.05) is 18.4 Å². The maximum Gasteiger partial charge on any atom is 0.273 e. The van der Waals surface area contributed by atoms with E-state index in [1.165, 1.54) is 12.6 Å². The van der Waals surface area contributed by atoms with Gasteiger partial charge in [0.05, 0.1) is 12.2 Å². The van der Waals surface area contributed by atoms with Crippen LogP contribution in [0, 0.1) is 0 Å². The van der Waals surface area contributed by atoms with Crippen LogP contribution in [0.1, 0.15) is 41.2 Å². The minimum Gasteiger partial charge on any atom is -0.368 e. The molecule has 1 saturated heterocycles. The molecule has 2 aromatic rings. The van der Waals surface area contributed by atoms with Gasteiger partial charge in [-0.2, -0.15) is 0 Å². The fourth-order valence-electron chi connectivity index (χ4n) is 3.57. The van der Waals surface area contributed by atoms with Crippen LogP contribution in [0.2, 0.25) is 0 Å². The molecule has 2 aromatic carbocycles. The highest BCUT2D eigenvalue weighted by atomic mass is 16.2. The summed E-state index contributed by atoms with van der Waals surface area (Å²) in [5, 5.41) is 6.06. The zero-order valence-corrected chi connectivity index (χ0v) is 16.2. The van der Waals surface area contributed by atoms with E-state index < -0.39 is 0 Å². The van der Waals surface area contributed by atoms with Gasteiger partial charge in [0.1, 0.15) is 5.70 Å². The van der Waals surface area contributed by atoms with Gasteiger partial charge in [-0.3, -0.25) is 14.6 Å². The van der Waals surface area contributed by atoms with Crippen LogP contribution in [0.25, 0.3) is 0 Å². The topological polar surface area (TPSA) is 73.8 Å². The Bertz CT molecular complexity index is 929. The summed E-state index contributed by atoms with van der Waals surface area (Å²) >= 11 is 0. The van der Waals surface area contributed by atoms with Crippen LogP contribution in [0.3, 0.4) is 0 Å². The van der Waals surface area contributed by atoms with Crippen LogP contribution in [0.5, 0.6) is 0 Å². The molecule has 6 heteroatoms. The number of carbonyl (C=O) groups excluding carboxylic acids is 2. The second-order valence-electron chi connectivity index (χ2n) is 7.26. The summed E-state index contributed by atoms with van der Waals surface area (Å²) in [6, 6.07) is 16.6. The van der Waals surface area contributed by atoms with Crippen molar-refractivity contribution in [3.05, 3.63) is 77.6 Å². The van der Waals surface area contributed by atoms with E-state index in [0.29, 0.717) is 11.3 Å². The molecule has 1 fully saturated rings. The highest BCUT2D eigenvalue weighted by Crippen LogP contribution is 2.19. The number of anilines is 1. The Balaban J connectivity index is 1.40. The van der Waals surface area contributed by atoms with Gasteiger partial charge in [0.15, 0.2) is 0 Å². The Morgan fingerprint density at radius 2 is 1.69 bits per heavy atom. The van der Waals surface area contributed by atoms with Gasteiger partial charge in [-0.1, -0.05) is 30.3 Å². The zero-order chi connectivity index (χ0) is 20.1. The molecular formula is C23H24N4O2. The van der Waals surface area contributed by atoms with Gasteiger partial charge >= 0.3 is 0 Å². The average molecular weight is 388 g/mol. The minimum atomic E-state index is -0.241. The molecule has 0 spiro atoms. The number of hydrogen-bond acceptors (Lipinski definition) is 4. The molecule has 148 valence electrons. The number of hydrogen-bond donors (Lipinski definition) is 2. The van der Waals surface area contributed by atoms with Crippen molar-refractivity contribution >= 4 is 23.7 Å². The van der Waals surface area contributed by atoms with Crippen LogP contribution in [0.15, 0.2) is 71.5 Å². The van der Waals surface area contributed by atoms with Crippen molar-refractivity contribution in [3.8, 4) is 0 Å². The molecule has 29 heavy (non-hydrogen) atoms. The number of benzene rings is 2. The first-order valence-corrected chi connectivity index (χ1v) is 9.96. The first-order valence-electron chi connectivity index (χ1n) is 9.96. The largest absolute Gasteiger partial charge is 0.368 e. The number of amides is 2. The van der Waals surface area contributed by atoms with Gasteiger partial charge in [0.25, 0.3) is 11.8 Å². The van der Waals surface area contributed by atoms with E-state index in [0.717, 1.165) is 37.2 Å². The van der Waals surface area contributed by atoms with E-state index in [2.05, 4.69) is 15.6 Å². The van der Waals surface area contributed by atoms with Crippen molar-refractivity contribution in [2.24, 2.45) is 4.99 Å². The fraction of sp³-hybridized carbons (Fsp3) is 0.261. The van der Waals surface area contributed by atoms with Crippen molar-refractivity contribution in [3.63, 3.8) is 0 Å². The lowest BCUT2D eigenvalue weighted by Crippen LogP contribution is -2.35. The molecule has 1 unspecified atom stereocenters. The van der Waals surface area contributed by atoms with E-state index >= 15 is 0 Å². The molecule has 0 aromatic heterocycles. The van der Waals surface area contributed by atoms with Crippen LogP contribution in [0.4, 0.5) is 5.69 Å². The highest BCUT2D eigenvalue weighted by molar-refractivity contribution is 6.04. The quantitative estimate of drug-likeness (QED) is 0.842. The molecule has 2 heterocycles. The van der Waals surface area contributed by atoms with E-state index in [1.807, 2.05) is 59.5 Å². The summed E-state index contributed by atoms with van der Waals surface area (Å²) < 4.78 is 0. The van der Waals surface area contributed by atoms with Gasteiger partial charge in [-0.25, -0.2) is 0 Å². The number of carbonyl (C=O) groups is 2. The Kier molecular flexibility index (Phi) is 5.70. The summed E-state index contributed by atoms with van der Waals surface area (Å²) in [5.41, 5.74) is 2.77. The average Bonchev–Trinajstić information content (AvgIpc) is 2.80. The Hall–Kier alpha value is -3.41. The molecule has 0 radical (unpaired) electrons. The summed E-state index contributed by atoms with van der Waals surface area (Å²) in [7, 11) is 0. The number of nitrogens with one attached hydrogen (secondary N) is 2. The Morgan fingerprint density at radius 3 is 2.41 bits per heavy atom. The third-order valence-corrected chi connectivity index (χ3v) is 5.19. The van der Waals surface area contributed by atoms with E-state index in [1.54, 1.807) is 6.21 Å². The molecule has 2 N–H and O–H groups in total. The summed E-state index contributed by atoms with van der Waals surface area (Å²) in [4.78, 5) is 31.3. The number of piperidine rings is 1. The molecular weight excluding hydrogens is 364 g/mol. The minimum absolute atomic E-state index is 0.0874. The third-order valence-electron chi connectivity index (χ3n) is 5.19. The zero-order valence-electron chi connectivity index (χ0n) is 16.2. The van der Waals surface area contributed by atoms with Crippen LogP contribution < -0.4 is 10.6 Å². The Labute approximate surface area is 170 Å². The van der Waals surface area contributed by atoms with Crippen molar-refractivity contribution in [2.45, 2.75) is 25.3 Å². The van der Waals surface area contributed by atoms with Crippen LogP contribution in [-0.4, -0.2) is 36.0 Å². The number of nitrogens with zero attached hydrogens (tertiary/aromatic N) is 2. The lowest BCUT2D eigenvalue weighted by atomic mass is 10.0. The van der Waals surface area contributed by atoms with Gasteiger partial charge in [0.2, 0.25) is 0 Å². The number of para-hydroxylation sites is 1. The Morgan fingerprint density at radius 1 is 0.966 bits per heavy atom. The van der Waals surface area contributed by atoms with Gasteiger partial charge < -0.3 is 15.5 Å². The molecule has 2 aliphatic heterocycles. The molecule has 2 aliphatic rings. The maximum atomic E-state index is 12.6. The number of rotatable bonds is 4. The second-order valence-corrected chi connectivity index (χ2v) is 7.26. The lowest BCUT2D eigenvalue weighted by molar-refractivity contribution is -0.113. The highest BCUT2D eigenvalue weighted by Gasteiger charge is 2.21. The third kappa shape index (κ3) is 4.54. The van der Waals surface area contributed by atoms with E-state index in [9.17, 15) is 9.59 Å². The standard InChI is InChI=1S/C23H24N4O2/c28-22(25-19-7-3-1-4-8-19)21-16-24-15-20(26-21)17-9-11-18(12-10-17)23(29)27-13-5-2-6-14-27/h1,3-4,7-12,15-16,20,26H,2,5-6,13-14H2,(H,25,28). The van der Waals surface area contributed by atoms with Crippen molar-refractivity contribution in [1.29, 1.82) is 0 Å². The normalized spacial score (nSPS) is 18.6. The maximum absolute atomic E-state index is 12.6. The van der Waals surface area contributed by atoms with Crippen molar-refractivity contribution in [1.82, 2.24) is 10.2 Å². The predicted molar refractivity (Wildman–Crippen MR) is 114 cm³/mol. The summed E-state index contributed by atoms with van der Waals surface area (Å²) in [5.74, 6) is -0.153. The molecule has 4 rings (SSSR count). The lowest BCUT2D eigenvalue weighted by Gasteiger charge is -2.27. The number of likely N-dealkylation sites (tertiary alicyclic amines) is 1. The molecule has 0 aliphatic carbocycles. The first kappa shape index (κ1) is 18.9. The smallest absolute Gasteiger partial charge is 0.273 e. The summed E-state index contributed by atoms with van der Waals surface area (Å²) in [6.45, 7) is 1.67. The SMILES string of the molecule is O=C(Nc1ccccc1)C1=CN=CC(c2ccc(C(=O)N3CCCCC3)cc2)N1. The summed E-state index contributed by atoms with van der Waals surface area (Å²) in [6.07, 6.45) is 6.62. The fourth-order valence-corrected chi connectivity index (χ4v) is 3.57. The molecule has 1 atom stereocenters. The molecule has 0 saturated carbocycles. The van der Waals surface area contributed by atoms with Gasteiger partial charge in [0, 0.05) is 30.6 Å². The van der Waals surface area contributed by atoms with E-state index in [-0.39, 0.29) is 17.9 Å². The number of aliphatic imine (C=N–C) groups is 1.